The first-order valence-electron chi connectivity index (χ1n) is 9.50. The van der Waals surface area contributed by atoms with E-state index in [4.69, 9.17) is 4.18 Å². The zero-order chi connectivity index (χ0) is 20.0. The highest BCUT2D eigenvalue weighted by molar-refractivity contribution is 7.99. The van der Waals surface area contributed by atoms with E-state index in [-0.39, 0.29) is 28.6 Å². The van der Waals surface area contributed by atoms with Gasteiger partial charge >= 0.3 is 10.1 Å². The van der Waals surface area contributed by atoms with Crippen LogP contribution in [0.15, 0.2) is 64.4 Å². The lowest BCUT2D eigenvalue weighted by Gasteiger charge is -2.35. The lowest BCUT2D eigenvalue weighted by molar-refractivity contribution is -0.128. The Kier molecular flexibility index (Phi) is 4.82. The Morgan fingerprint density at radius 3 is 2.25 bits per heavy atom. The number of ketones is 1. The minimum absolute atomic E-state index is 0.0792. The fourth-order valence-electron chi connectivity index (χ4n) is 4.77. The lowest BCUT2D eigenvalue weighted by atomic mass is 9.70. The molecule has 0 aliphatic heterocycles. The molecule has 2 aliphatic carbocycles. The second kappa shape index (κ2) is 6.92. The van der Waals surface area contributed by atoms with Gasteiger partial charge < -0.3 is 4.18 Å². The summed E-state index contributed by atoms with van der Waals surface area (Å²) in [6.45, 7) is 4.06. The van der Waals surface area contributed by atoms with Crippen LogP contribution in [0.2, 0.25) is 0 Å². The largest absolute Gasteiger partial charge is 0.382 e. The quantitative estimate of drug-likeness (QED) is 0.624. The first-order valence-corrected chi connectivity index (χ1v) is 11.9. The summed E-state index contributed by atoms with van der Waals surface area (Å²) in [6.07, 6.45) is 2.05. The van der Waals surface area contributed by atoms with E-state index in [1.807, 2.05) is 56.3 Å². The van der Waals surface area contributed by atoms with Crippen LogP contribution in [0.4, 0.5) is 0 Å². The molecule has 0 saturated heterocycles. The van der Waals surface area contributed by atoms with Crippen molar-refractivity contribution in [3.05, 3.63) is 54.6 Å². The molecule has 0 N–H and O–H groups in total. The molecule has 28 heavy (non-hydrogen) atoms. The molecular formula is C22H24O4S2. The summed E-state index contributed by atoms with van der Waals surface area (Å²) in [5, 5.41) is 0. The first kappa shape index (κ1) is 19.5. The number of benzene rings is 2. The van der Waals surface area contributed by atoms with Crippen molar-refractivity contribution in [1.82, 2.24) is 0 Å². The van der Waals surface area contributed by atoms with Crippen LogP contribution in [-0.4, -0.2) is 20.0 Å². The summed E-state index contributed by atoms with van der Waals surface area (Å²) in [5.41, 5.74) is -1.10. The highest BCUT2D eigenvalue weighted by Gasteiger charge is 2.65. The second-order valence-electron chi connectivity index (χ2n) is 8.34. The van der Waals surface area contributed by atoms with Crippen molar-refractivity contribution in [3.8, 4) is 5.75 Å². The number of rotatable bonds is 6. The molecule has 2 aromatic rings. The summed E-state index contributed by atoms with van der Waals surface area (Å²) in [4.78, 5) is 14.7. The highest BCUT2D eigenvalue weighted by atomic mass is 32.2. The summed E-state index contributed by atoms with van der Waals surface area (Å²) < 4.78 is 30.9. The Morgan fingerprint density at radius 1 is 1.04 bits per heavy atom. The summed E-state index contributed by atoms with van der Waals surface area (Å²) in [5.74, 6) is 0.412. The third kappa shape index (κ3) is 3.37. The molecule has 4 nitrogen and oxygen atoms in total. The minimum atomic E-state index is -3.87. The average Bonchev–Trinajstić information content (AvgIpc) is 2.98. The molecular weight excluding hydrogens is 392 g/mol. The first-order chi connectivity index (χ1) is 13.2. The smallest absolute Gasteiger partial charge is 0.310 e. The summed E-state index contributed by atoms with van der Waals surface area (Å²) in [7, 11) is -3.87. The molecule has 6 heteroatoms. The van der Waals surface area contributed by atoms with E-state index >= 15 is 0 Å². The van der Waals surface area contributed by atoms with Crippen LogP contribution in [0.5, 0.6) is 5.75 Å². The SMILES string of the molecule is CC1(C)C2CCC1(CS(=O)(=O)Oc1ccc(Sc3ccccc3)cc1)C(=O)C2. The summed E-state index contributed by atoms with van der Waals surface area (Å²) >= 11 is 1.60. The van der Waals surface area contributed by atoms with Gasteiger partial charge in [0.1, 0.15) is 11.5 Å². The van der Waals surface area contributed by atoms with Gasteiger partial charge in [-0.05, 0) is 60.6 Å². The third-order valence-corrected chi connectivity index (χ3v) is 8.90. The van der Waals surface area contributed by atoms with E-state index in [2.05, 4.69) is 0 Å². The van der Waals surface area contributed by atoms with Gasteiger partial charge in [-0.1, -0.05) is 43.8 Å². The number of carbonyl (C=O) groups is 1. The van der Waals surface area contributed by atoms with E-state index < -0.39 is 15.5 Å². The fourth-order valence-corrected chi connectivity index (χ4v) is 7.36. The lowest BCUT2D eigenvalue weighted by Crippen LogP contribution is -2.43. The molecule has 2 aromatic carbocycles. The van der Waals surface area contributed by atoms with Gasteiger partial charge in [-0.3, -0.25) is 4.79 Å². The fraction of sp³-hybridized carbons (Fsp3) is 0.409. The van der Waals surface area contributed by atoms with Gasteiger partial charge in [-0.25, -0.2) is 0 Å². The van der Waals surface area contributed by atoms with Crippen LogP contribution in [0, 0.1) is 16.7 Å². The minimum Gasteiger partial charge on any atom is -0.382 e. The van der Waals surface area contributed by atoms with Gasteiger partial charge in [-0.2, -0.15) is 8.42 Å². The van der Waals surface area contributed by atoms with E-state index in [0.29, 0.717) is 12.8 Å². The van der Waals surface area contributed by atoms with Crippen molar-refractivity contribution in [1.29, 1.82) is 0 Å². The Balaban J connectivity index is 1.47. The van der Waals surface area contributed by atoms with Crippen molar-refractivity contribution in [2.45, 2.75) is 42.9 Å². The molecule has 0 heterocycles. The normalized spacial score (nSPS) is 25.8. The van der Waals surface area contributed by atoms with Crippen LogP contribution < -0.4 is 4.18 Å². The Labute approximate surface area is 170 Å². The third-order valence-electron chi connectivity index (χ3n) is 6.59. The van der Waals surface area contributed by atoms with Gasteiger partial charge in [0.05, 0.1) is 11.2 Å². The molecule has 0 amide bonds. The van der Waals surface area contributed by atoms with Crippen LogP contribution in [0.25, 0.3) is 0 Å². The van der Waals surface area contributed by atoms with Crippen molar-refractivity contribution in [2.75, 3.05) is 5.75 Å². The maximum atomic E-state index is 12.8. The van der Waals surface area contributed by atoms with E-state index in [0.717, 1.165) is 16.2 Å². The highest BCUT2D eigenvalue weighted by Crippen LogP contribution is 2.64. The van der Waals surface area contributed by atoms with Crippen LogP contribution >= 0.6 is 11.8 Å². The number of carbonyl (C=O) groups excluding carboxylic acids is 1. The Bertz CT molecular complexity index is 981. The van der Waals surface area contributed by atoms with Gasteiger partial charge in [0.25, 0.3) is 0 Å². The number of fused-ring (bicyclic) bond motifs is 2. The number of hydrogen-bond acceptors (Lipinski definition) is 5. The monoisotopic (exact) mass is 416 g/mol. The summed E-state index contributed by atoms with van der Waals surface area (Å²) in [6, 6.07) is 17.0. The topological polar surface area (TPSA) is 60.4 Å². The van der Waals surface area contributed by atoms with Gasteiger partial charge in [0.15, 0.2) is 0 Å². The zero-order valence-corrected chi connectivity index (χ0v) is 17.7. The van der Waals surface area contributed by atoms with Crippen molar-refractivity contribution in [3.63, 3.8) is 0 Å². The standard InChI is InChI=1S/C22H24O4S2/c1-21(2)16-12-13-22(21,20(23)14-16)15-28(24,25)26-17-8-10-19(11-9-17)27-18-6-4-3-5-7-18/h3-11,16H,12-15H2,1-2H3. The molecule has 0 spiro atoms. The van der Waals surface area contributed by atoms with Gasteiger partial charge in [0.2, 0.25) is 0 Å². The molecule has 0 aromatic heterocycles. The molecule has 2 atom stereocenters. The average molecular weight is 417 g/mol. The Hall–Kier alpha value is -1.79. The molecule has 2 saturated carbocycles. The predicted molar refractivity (Wildman–Crippen MR) is 110 cm³/mol. The van der Waals surface area contributed by atoms with E-state index in [1.54, 1.807) is 23.9 Å². The molecule has 2 unspecified atom stereocenters. The van der Waals surface area contributed by atoms with E-state index in [1.165, 1.54) is 0 Å². The predicted octanol–water partition coefficient (Wildman–Crippen LogP) is 4.94. The van der Waals surface area contributed by atoms with Gasteiger partial charge in [-0.15, -0.1) is 0 Å². The second-order valence-corrected chi connectivity index (χ2v) is 11.1. The van der Waals surface area contributed by atoms with Crippen molar-refractivity contribution in [2.24, 2.45) is 16.7 Å². The molecule has 148 valence electrons. The molecule has 4 rings (SSSR count). The molecule has 2 fully saturated rings. The maximum absolute atomic E-state index is 12.8. The Morgan fingerprint density at radius 2 is 1.68 bits per heavy atom. The van der Waals surface area contributed by atoms with Crippen LogP contribution in [0.3, 0.4) is 0 Å². The maximum Gasteiger partial charge on any atom is 0.310 e. The van der Waals surface area contributed by atoms with Crippen LogP contribution in [-0.2, 0) is 14.9 Å². The van der Waals surface area contributed by atoms with Gasteiger partial charge in [0, 0.05) is 16.2 Å². The molecule has 0 radical (unpaired) electrons. The van der Waals surface area contributed by atoms with Crippen molar-refractivity contribution < 1.29 is 17.4 Å². The number of hydrogen-bond donors (Lipinski definition) is 0. The number of Topliss-reactive ketones (excluding diaryl/α,β-unsaturated/α-hetero) is 1. The van der Waals surface area contributed by atoms with Crippen molar-refractivity contribution >= 4 is 27.7 Å². The molecule has 2 aliphatic rings. The molecule has 2 bridgehead atoms. The van der Waals surface area contributed by atoms with Crippen LogP contribution in [0.1, 0.15) is 33.1 Å². The zero-order valence-electron chi connectivity index (χ0n) is 16.1. The van der Waals surface area contributed by atoms with E-state index in [9.17, 15) is 13.2 Å².